The maximum atomic E-state index is 10.1. The molecule has 1 aromatic rings. The van der Waals surface area contributed by atoms with Crippen molar-refractivity contribution in [1.82, 2.24) is 5.32 Å². The zero-order valence-corrected chi connectivity index (χ0v) is 10.6. The van der Waals surface area contributed by atoms with Gasteiger partial charge in [0.05, 0.1) is 31.5 Å². The average Bonchev–Trinajstić information content (AvgIpc) is 2.81. The Morgan fingerprint density at radius 3 is 2.67 bits per heavy atom. The molecule has 2 rings (SSSR count). The summed E-state index contributed by atoms with van der Waals surface area (Å²) in [5, 5.41) is 22.9. The number of nitrogens with one attached hydrogen (secondary N) is 1. The number of aliphatic hydroxyl groups is 2. The molecule has 1 saturated heterocycles. The number of aliphatic hydroxyl groups excluding tert-OH is 2. The van der Waals surface area contributed by atoms with E-state index in [-0.39, 0.29) is 12.0 Å². The largest absolute Gasteiger partial charge is 0.391 e. The van der Waals surface area contributed by atoms with Crippen molar-refractivity contribution in [1.29, 1.82) is 0 Å². The minimum Gasteiger partial charge on any atom is -0.391 e. The quantitative estimate of drug-likeness (QED) is 0.713. The molecule has 1 aliphatic heterocycles. The van der Waals surface area contributed by atoms with Crippen molar-refractivity contribution < 1.29 is 14.9 Å². The summed E-state index contributed by atoms with van der Waals surface area (Å²) in [5.41, 5.74) is 1.12. The SMILES string of the molecule is CC(c1ccccc1)C(O)CN[C@@H]1COC[C@@H]1O. The summed E-state index contributed by atoms with van der Waals surface area (Å²) >= 11 is 0. The van der Waals surface area contributed by atoms with Crippen molar-refractivity contribution in [2.24, 2.45) is 0 Å². The molecule has 0 amide bonds. The fourth-order valence-electron chi connectivity index (χ4n) is 2.17. The van der Waals surface area contributed by atoms with E-state index >= 15 is 0 Å². The van der Waals surface area contributed by atoms with Gasteiger partial charge in [-0.25, -0.2) is 0 Å². The van der Waals surface area contributed by atoms with Crippen LogP contribution in [0, 0.1) is 0 Å². The highest BCUT2D eigenvalue weighted by Gasteiger charge is 2.27. The highest BCUT2D eigenvalue weighted by Crippen LogP contribution is 2.18. The van der Waals surface area contributed by atoms with Crippen molar-refractivity contribution in [3.8, 4) is 0 Å². The Morgan fingerprint density at radius 2 is 2.06 bits per heavy atom. The molecule has 4 atom stereocenters. The van der Waals surface area contributed by atoms with Crippen LogP contribution in [0.4, 0.5) is 0 Å². The Labute approximate surface area is 108 Å². The summed E-state index contributed by atoms with van der Waals surface area (Å²) in [6, 6.07) is 9.87. The summed E-state index contributed by atoms with van der Waals surface area (Å²) in [6.07, 6.45) is -0.940. The Bertz CT molecular complexity index is 357. The Balaban J connectivity index is 1.82. The lowest BCUT2D eigenvalue weighted by Gasteiger charge is -2.22. The van der Waals surface area contributed by atoms with Gasteiger partial charge in [0.1, 0.15) is 0 Å². The molecule has 0 bridgehead atoms. The van der Waals surface area contributed by atoms with E-state index in [2.05, 4.69) is 5.32 Å². The predicted molar refractivity (Wildman–Crippen MR) is 69.5 cm³/mol. The molecular weight excluding hydrogens is 230 g/mol. The standard InChI is InChI=1S/C14H21NO3/c1-10(11-5-3-2-4-6-11)13(16)7-15-12-8-18-9-14(12)17/h2-6,10,12-17H,7-9H2,1H3/t10?,12-,13?,14+/m1/s1. The van der Waals surface area contributed by atoms with Crippen LogP contribution in [-0.4, -0.2) is 48.2 Å². The van der Waals surface area contributed by atoms with E-state index in [4.69, 9.17) is 4.74 Å². The summed E-state index contributed by atoms with van der Waals surface area (Å²) < 4.78 is 5.15. The first kappa shape index (κ1) is 13.5. The monoisotopic (exact) mass is 251 g/mol. The van der Waals surface area contributed by atoms with Gasteiger partial charge in [-0.15, -0.1) is 0 Å². The van der Waals surface area contributed by atoms with Gasteiger partial charge in [0.15, 0.2) is 0 Å². The van der Waals surface area contributed by atoms with Crippen LogP contribution in [0.25, 0.3) is 0 Å². The summed E-state index contributed by atoms with van der Waals surface area (Å²) in [4.78, 5) is 0. The summed E-state index contributed by atoms with van der Waals surface area (Å²) in [7, 11) is 0. The van der Waals surface area contributed by atoms with Crippen LogP contribution in [0.5, 0.6) is 0 Å². The molecule has 1 fully saturated rings. The van der Waals surface area contributed by atoms with Gasteiger partial charge in [0.25, 0.3) is 0 Å². The second-order valence-electron chi connectivity index (χ2n) is 4.89. The summed E-state index contributed by atoms with van der Waals surface area (Å²) in [6.45, 7) is 3.35. The fraction of sp³-hybridized carbons (Fsp3) is 0.571. The molecule has 0 aromatic heterocycles. The van der Waals surface area contributed by atoms with Gasteiger partial charge in [-0.2, -0.15) is 0 Å². The van der Waals surface area contributed by atoms with Crippen molar-refractivity contribution in [2.45, 2.75) is 31.1 Å². The Hall–Kier alpha value is -0.940. The number of ether oxygens (including phenoxy) is 1. The average molecular weight is 251 g/mol. The van der Waals surface area contributed by atoms with Gasteiger partial charge < -0.3 is 20.3 Å². The molecule has 4 nitrogen and oxygen atoms in total. The maximum Gasteiger partial charge on any atom is 0.0948 e. The van der Waals surface area contributed by atoms with Crippen LogP contribution in [0.15, 0.2) is 30.3 Å². The van der Waals surface area contributed by atoms with Crippen LogP contribution in [0.1, 0.15) is 18.4 Å². The molecular formula is C14H21NO3. The van der Waals surface area contributed by atoms with E-state index in [9.17, 15) is 10.2 Å². The zero-order chi connectivity index (χ0) is 13.0. The van der Waals surface area contributed by atoms with E-state index in [1.165, 1.54) is 0 Å². The number of benzene rings is 1. The smallest absolute Gasteiger partial charge is 0.0948 e. The first-order valence-electron chi connectivity index (χ1n) is 6.40. The van der Waals surface area contributed by atoms with Crippen molar-refractivity contribution in [3.05, 3.63) is 35.9 Å². The normalized spacial score (nSPS) is 27.1. The highest BCUT2D eigenvalue weighted by molar-refractivity contribution is 5.19. The lowest BCUT2D eigenvalue weighted by Crippen LogP contribution is -2.43. The first-order valence-corrected chi connectivity index (χ1v) is 6.40. The van der Waals surface area contributed by atoms with Crippen LogP contribution in [-0.2, 0) is 4.74 Å². The van der Waals surface area contributed by atoms with Crippen LogP contribution in [0.3, 0.4) is 0 Å². The molecule has 0 aliphatic carbocycles. The van der Waals surface area contributed by atoms with E-state index in [0.717, 1.165) is 5.56 Å². The topological polar surface area (TPSA) is 61.7 Å². The molecule has 100 valence electrons. The van der Waals surface area contributed by atoms with Gasteiger partial charge in [-0.1, -0.05) is 37.3 Å². The second-order valence-corrected chi connectivity index (χ2v) is 4.89. The van der Waals surface area contributed by atoms with Crippen LogP contribution >= 0.6 is 0 Å². The highest BCUT2D eigenvalue weighted by atomic mass is 16.5. The molecule has 0 radical (unpaired) electrons. The molecule has 18 heavy (non-hydrogen) atoms. The maximum absolute atomic E-state index is 10.1. The third kappa shape index (κ3) is 3.29. The summed E-state index contributed by atoms with van der Waals surface area (Å²) in [5.74, 6) is 0.0677. The Kier molecular flexibility index (Phi) is 4.72. The lowest BCUT2D eigenvalue weighted by atomic mass is 9.95. The predicted octanol–water partition coefficient (Wildman–Crippen LogP) is 0.500. The van der Waals surface area contributed by atoms with Crippen molar-refractivity contribution in [3.63, 3.8) is 0 Å². The second kappa shape index (κ2) is 6.29. The molecule has 0 spiro atoms. The molecule has 2 unspecified atom stereocenters. The molecule has 0 saturated carbocycles. The molecule has 1 heterocycles. The molecule has 4 heteroatoms. The van der Waals surface area contributed by atoms with E-state index in [1.54, 1.807) is 0 Å². The van der Waals surface area contributed by atoms with E-state index in [0.29, 0.717) is 19.8 Å². The zero-order valence-electron chi connectivity index (χ0n) is 10.6. The van der Waals surface area contributed by atoms with Gasteiger partial charge in [0.2, 0.25) is 0 Å². The van der Waals surface area contributed by atoms with Crippen LogP contribution < -0.4 is 5.32 Å². The fourth-order valence-corrected chi connectivity index (χ4v) is 2.17. The van der Waals surface area contributed by atoms with Crippen LogP contribution in [0.2, 0.25) is 0 Å². The lowest BCUT2D eigenvalue weighted by molar-refractivity contribution is 0.114. The third-order valence-electron chi connectivity index (χ3n) is 3.54. The minimum atomic E-state index is -0.472. The van der Waals surface area contributed by atoms with Crippen molar-refractivity contribution >= 4 is 0 Å². The Morgan fingerprint density at radius 1 is 1.33 bits per heavy atom. The van der Waals surface area contributed by atoms with Crippen molar-refractivity contribution in [2.75, 3.05) is 19.8 Å². The molecule has 1 aromatic carbocycles. The molecule has 3 N–H and O–H groups in total. The van der Waals surface area contributed by atoms with Gasteiger partial charge in [-0.3, -0.25) is 0 Å². The van der Waals surface area contributed by atoms with E-state index in [1.807, 2.05) is 37.3 Å². The number of hydrogen-bond donors (Lipinski definition) is 3. The first-order chi connectivity index (χ1) is 8.68. The van der Waals surface area contributed by atoms with Gasteiger partial charge in [0, 0.05) is 12.5 Å². The molecule has 1 aliphatic rings. The third-order valence-corrected chi connectivity index (χ3v) is 3.54. The number of hydrogen-bond acceptors (Lipinski definition) is 4. The van der Waals surface area contributed by atoms with Gasteiger partial charge in [-0.05, 0) is 5.56 Å². The van der Waals surface area contributed by atoms with Gasteiger partial charge >= 0.3 is 0 Å². The minimum absolute atomic E-state index is 0.0670. The van der Waals surface area contributed by atoms with E-state index < -0.39 is 12.2 Å². The number of rotatable bonds is 5.